The van der Waals surface area contributed by atoms with E-state index in [2.05, 4.69) is 32.9 Å². The zero-order valence-corrected chi connectivity index (χ0v) is 12.1. The van der Waals surface area contributed by atoms with Crippen molar-refractivity contribution in [3.05, 3.63) is 34.4 Å². The van der Waals surface area contributed by atoms with Crippen molar-refractivity contribution < 1.29 is 4.21 Å². The quantitative estimate of drug-likeness (QED) is 0.877. The first-order valence-corrected chi connectivity index (χ1v) is 7.62. The molecule has 0 radical (unpaired) electrons. The van der Waals surface area contributed by atoms with Crippen LogP contribution in [0.1, 0.15) is 41.6 Å². The lowest BCUT2D eigenvalue weighted by Crippen LogP contribution is -2.21. The average molecular weight is 253 g/mol. The molecule has 0 saturated heterocycles. The largest absolute Gasteiger partial charge is 0.323 e. The molecule has 17 heavy (non-hydrogen) atoms. The molecule has 96 valence electrons. The molecule has 0 saturated carbocycles. The van der Waals surface area contributed by atoms with Gasteiger partial charge in [-0.1, -0.05) is 24.6 Å². The van der Waals surface area contributed by atoms with Crippen LogP contribution in [0.25, 0.3) is 0 Å². The summed E-state index contributed by atoms with van der Waals surface area (Å²) in [5.74, 6) is 1.32. The summed E-state index contributed by atoms with van der Waals surface area (Å²) < 4.78 is 11.7. The van der Waals surface area contributed by atoms with Crippen LogP contribution >= 0.6 is 0 Å². The Morgan fingerprint density at radius 2 is 1.76 bits per heavy atom. The Labute approximate surface area is 107 Å². The van der Waals surface area contributed by atoms with Gasteiger partial charge in [-0.05, 0) is 43.9 Å². The molecule has 2 atom stereocenters. The third-order valence-electron chi connectivity index (χ3n) is 2.91. The monoisotopic (exact) mass is 253 g/mol. The van der Waals surface area contributed by atoms with Crippen LogP contribution in [0, 0.1) is 20.8 Å². The van der Waals surface area contributed by atoms with E-state index in [-0.39, 0.29) is 6.04 Å². The lowest BCUT2D eigenvalue weighted by molar-refractivity contribution is 0.673. The minimum absolute atomic E-state index is 0.108. The van der Waals surface area contributed by atoms with Crippen LogP contribution in [0.2, 0.25) is 0 Å². The highest BCUT2D eigenvalue weighted by molar-refractivity contribution is 7.85. The Morgan fingerprint density at radius 1 is 1.24 bits per heavy atom. The lowest BCUT2D eigenvalue weighted by Gasteiger charge is -2.18. The molecule has 0 heterocycles. The minimum Gasteiger partial charge on any atom is -0.323 e. The second-order valence-corrected chi connectivity index (χ2v) is 6.35. The molecule has 3 heteroatoms. The van der Waals surface area contributed by atoms with Crippen molar-refractivity contribution in [2.45, 2.75) is 40.2 Å². The van der Waals surface area contributed by atoms with Gasteiger partial charge < -0.3 is 5.73 Å². The van der Waals surface area contributed by atoms with E-state index >= 15 is 0 Å². The maximum absolute atomic E-state index is 11.7. The Hall–Kier alpha value is -0.670. The summed E-state index contributed by atoms with van der Waals surface area (Å²) in [6.45, 7) is 8.30. The van der Waals surface area contributed by atoms with Crippen molar-refractivity contribution in [2.24, 2.45) is 5.73 Å². The Bertz CT molecular complexity index is 392. The second kappa shape index (κ2) is 6.31. The molecule has 0 aliphatic heterocycles. The summed E-state index contributed by atoms with van der Waals surface area (Å²) in [6.07, 6.45) is 0.950. The molecule has 1 aromatic carbocycles. The van der Waals surface area contributed by atoms with E-state index in [1.807, 2.05) is 6.92 Å². The molecule has 2 nitrogen and oxygen atoms in total. The number of rotatable bonds is 5. The summed E-state index contributed by atoms with van der Waals surface area (Å²) in [7, 11) is -0.798. The van der Waals surface area contributed by atoms with E-state index in [0.29, 0.717) is 5.75 Å². The van der Waals surface area contributed by atoms with Crippen molar-refractivity contribution in [1.29, 1.82) is 0 Å². The molecule has 0 bridgehead atoms. The zero-order chi connectivity index (χ0) is 13.0. The smallest absolute Gasteiger partial charge is 0.0428 e. The van der Waals surface area contributed by atoms with Gasteiger partial charge in [0.15, 0.2) is 0 Å². The Balaban J connectivity index is 2.89. The average Bonchev–Trinajstić information content (AvgIpc) is 2.15. The summed E-state index contributed by atoms with van der Waals surface area (Å²) >= 11 is 0. The van der Waals surface area contributed by atoms with Crippen LogP contribution < -0.4 is 5.73 Å². The van der Waals surface area contributed by atoms with Crippen LogP contribution in [-0.2, 0) is 10.8 Å². The first-order valence-electron chi connectivity index (χ1n) is 6.14. The van der Waals surface area contributed by atoms with E-state index in [0.717, 1.165) is 12.2 Å². The van der Waals surface area contributed by atoms with Crippen molar-refractivity contribution in [2.75, 3.05) is 11.5 Å². The van der Waals surface area contributed by atoms with Crippen LogP contribution in [0.3, 0.4) is 0 Å². The van der Waals surface area contributed by atoms with Gasteiger partial charge in [0.25, 0.3) is 0 Å². The molecule has 2 unspecified atom stereocenters. The van der Waals surface area contributed by atoms with Crippen molar-refractivity contribution in [3.8, 4) is 0 Å². The van der Waals surface area contributed by atoms with E-state index in [1.165, 1.54) is 22.3 Å². The molecule has 0 amide bonds. The third-order valence-corrected chi connectivity index (χ3v) is 4.50. The molecule has 0 spiro atoms. The summed E-state index contributed by atoms with van der Waals surface area (Å²) in [5.41, 5.74) is 11.0. The maximum Gasteiger partial charge on any atom is 0.0428 e. The van der Waals surface area contributed by atoms with Gasteiger partial charge in [-0.3, -0.25) is 4.21 Å². The number of aryl methyl sites for hydroxylation is 3. The highest BCUT2D eigenvalue weighted by Gasteiger charge is 2.14. The molecule has 2 N–H and O–H groups in total. The fourth-order valence-electron chi connectivity index (χ4n) is 2.37. The van der Waals surface area contributed by atoms with Gasteiger partial charge in [-0.25, -0.2) is 0 Å². The Kier molecular flexibility index (Phi) is 5.34. The first kappa shape index (κ1) is 14.4. The normalized spacial score (nSPS) is 14.6. The van der Waals surface area contributed by atoms with Gasteiger partial charge in [0.1, 0.15) is 0 Å². The second-order valence-electron chi connectivity index (χ2n) is 4.73. The Morgan fingerprint density at radius 3 is 2.24 bits per heavy atom. The number of benzene rings is 1. The van der Waals surface area contributed by atoms with E-state index in [4.69, 9.17) is 5.73 Å². The zero-order valence-electron chi connectivity index (χ0n) is 11.2. The lowest BCUT2D eigenvalue weighted by atomic mass is 9.95. The maximum atomic E-state index is 11.7. The highest BCUT2D eigenvalue weighted by atomic mass is 32.2. The molecule has 0 aromatic heterocycles. The molecular formula is C14H23NOS. The van der Waals surface area contributed by atoms with Crippen molar-refractivity contribution in [3.63, 3.8) is 0 Å². The van der Waals surface area contributed by atoms with E-state index in [1.54, 1.807) is 0 Å². The topological polar surface area (TPSA) is 43.1 Å². The van der Waals surface area contributed by atoms with Gasteiger partial charge in [-0.2, -0.15) is 0 Å². The van der Waals surface area contributed by atoms with Crippen LogP contribution in [0.15, 0.2) is 12.1 Å². The summed E-state index contributed by atoms with van der Waals surface area (Å²) in [4.78, 5) is 0. The molecule has 0 aliphatic carbocycles. The standard InChI is InChI=1S/C14H23NOS/c1-5-6-17(16)9-13(15)14-11(3)7-10(2)8-12(14)4/h7-8,13H,5-6,9,15H2,1-4H3. The number of hydrogen-bond acceptors (Lipinski definition) is 2. The van der Waals surface area contributed by atoms with Gasteiger partial charge >= 0.3 is 0 Å². The summed E-state index contributed by atoms with van der Waals surface area (Å²) in [5, 5.41) is 0. The van der Waals surface area contributed by atoms with Crippen LogP contribution in [0.4, 0.5) is 0 Å². The molecular weight excluding hydrogens is 230 g/mol. The fourth-order valence-corrected chi connectivity index (χ4v) is 3.56. The molecule has 0 fully saturated rings. The number of nitrogens with two attached hydrogens (primary N) is 1. The predicted octanol–water partition coefficient (Wildman–Crippen LogP) is 2.77. The molecule has 1 aromatic rings. The molecule has 0 aliphatic rings. The van der Waals surface area contributed by atoms with Gasteiger partial charge in [0.2, 0.25) is 0 Å². The van der Waals surface area contributed by atoms with Gasteiger partial charge in [-0.15, -0.1) is 0 Å². The van der Waals surface area contributed by atoms with Crippen LogP contribution in [-0.4, -0.2) is 15.7 Å². The SMILES string of the molecule is CCCS(=O)CC(N)c1c(C)cc(C)cc1C. The number of hydrogen-bond donors (Lipinski definition) is 1. The van der Waals surface area contributed by atoms with E-state index in [9.17, 15) is 4.21 Å². The summed E-state index contributed by atoms with van der Waals surface area (Å²) in [6, 6.07) is 4.18. The third kappa shape index (κ3) is 3.93. The van der Waals surface area contributed by atoms with Gasteiger partial charge in [0, 0.05) is 28.3 Å². The minimum atomic E-state index is -0.798. The van der Waals surface area contributed by atoms with Crippen molar-refractivity contribution >= 4 is 10.8 Å². The van der Waals surface area contributed by atoms with E-state index < -0.39 is 10.8 Å². The van der Waals surface area contributed by atoms with Gasteiger partial charge in [0.05, 0.1) is 0 Å². The first-order chi connectivity index (χ1) is 7.95. The predicted molar refractivity (Wildman–Crippen MR) is 75.7 cm³/mol. The highest BCUT2D eigenvalue weighted by Crippen LogP contribution is 2.22. The molecule has 1 rings (SSSR count). The van der Waals surface area contributed by atoms with Crippen molar-refractivity contribution in [1.82, 2.24) is 0 Å². The van der Waals surface area contributed by atoms with Crippen LogP contribution in [0.5, 0.6) is 0 Å². The fraction of sp³-hybridized carbons (Fsp3) is 0.571.